The van der Waals surface area contributed by atoms with Crippen LogP contribution >= 0.6 is 0 Å². The van der Waals surface area contributed by atoms with Crippen molar-refractivity contribution >= 4 is 0 Å². The predicted molar refractivity (Wildman–Crippen MR) is 74.4 cm³/mol. The first kappa shape index (κ1) is 13.6. The molecule has 0 bridgehead atoms. The Bertz CT molecular complexity index is 386. The topological polar surface area (TPSA) is 28.4 Å². The third-order valence-electron chi connectivity index (χ3n) is 4.23. The summed E-state index contributed by atoms with van der Waals surface area (Å²) < 4.78 is 5.76. The van der Waals surface area contributed by atoms with Crippen LogP contribution in [0.25, 0.3) is 0 Å². The van der Waals surface area contributed by atoms with Gasteiger partial charge in [0.05, 0.1) is 6.54 Å². The predicted octanol–water partition coefficient (Wildman–Crippen LogP) is 2.79. The number of likely N-dealkylation sites (tertiary alicyclic amines) is 1. The van der Waals surface area contributed by atoms with E-state index in [1.54, 1.807) is 0 Å². The van der Waals surface area contributed by atoms with Crippen molar-refractivity contribution in [2.75, 3.05) is 20.1 Å². The Kier molecular flexibility index (Phi) is 4.46. The molecule has 0 saturated carbocycles. The second-order valence-electron chi connectivity index (χ2n) is 5.80. The van der Waals surface area contributed by atoms with E-state index in [9.17, 15) is 0 Å². The van der Waals surface area contributed by atoms with Gasteiger partial charge in [0.2, 0.25) is 0 Å². The average Bonchev–Trinajstić information content (AvgIpc) is 2.65. The zero-order valence-electron chi connectivity index (χ0n) is 12.1. The SMILES string of the molecule is CNCc1cc(CN2CCC(C)C(C)C2)c(C)o1. The highest BCUT2D eigenvalue weighted by Gasteiger charge is 2.23. The van der Waals surface area contributed by atoms with Crippen molar-refractivity contribution in [1.82, 2.24) is 10.2 Å². The van der Waals surface area contributed by atoms with E-state index in [1.807, 2.05) is 7.05 Å². The van der Waals surface area contributed by atoms with Gasteiger partial charge in [-0.1, -0.05) is 13.8 Å². The lowest BCUT2D eigenvalue weighted by atomic mass is 9.88. The molecule has 1 saturated heterocycles. The number of nitrogens with zero attached hydrogens (tertiary/aromatic N) is 1. The van der Waals surface area contributed by atoms with Crippen LogP contribution in [0.2, 0.25) is 0 Å². The van der Waals surface area contributed by atoms with Crippen molar-refractivity contribution < 1.29 is 4.42 Å². The number of nitrogens with one attached hydrogen (secondary N) is 1. The summed E-state index contributed by atoms with van der Waals surface area (Å²) >= 11 is 0. The fraction of sp³-hybridized carbons (Fsp3) is 0.733. The van der Waals surface area contributed by atoms with Crippen LogP contribution in [0.4, 0.5) is 0 Å². The third kappa shape index (κ3) is 3.15. The highest BCUT2D eigenvalue weighted by atomic mass is 16.3. The number of rotatable bonds is 4. The van der Waals surface area contributed by atoms with Gasteiger partial charge in [-0.3, -0.25) is 4.90 Å². The lowest BCUT2D eigenvalue weighted by molar-refractivity contribution is 0.131. The molecule has 102 valence electrons. The van der Waals surface area contributed by atoms with Crippen LogP contribution in [-0.4, -0.2) is 25.0 Å². The molecule has 2 rings (SSSR count). The molecule has 1 aliphatic rings. The molecule has 2 atom stereocenters. The van der Waals surface area contributed by atoms with Gasteiger partial charge >= 0.3 is 0 Å². The minimum absolute atomic E-state index is 0.808. The minimum atomic E-state index is 0.808. The van der Waals surface area contributed by atoms with Crippen molar-refractivity contribution in [1.29, 1.82) is 0 Å². The van der Waals surface area contributed by atoms with E-state index >= 15 is 0 Å². The normalized spacial score (nSPS) is 25.6. The highest BCUT2D eigenvalue weighted by molar-refractivity contribution is 5.20. The summed E-state index contributed by atoms with van der Waals surface area (Å²) in [4.78, 5) is 2.56. The zero-order valence-corrected chi connectivity index (χ0v) is 12.1. The molecule has 1 aromatic heterocycles. The molecular formula is C15H26N2O. The van der Waals surface area contributed by atoms with Gasteiger partial charge in [-0.05, 0) is 44.8 Å². The van der Waals surface area contributed by atoms with E-state index in [1.165, 1.54) is 25.1 Å². The van der Waals surface area contributed by atoms with E-state index < -0.39 is 0 Å². The Hall–Kier alpha value is -0.800. The average molecular weight is 250 g/mol. The molecule has 1 N–H and O–H groups in total. The molecular weight excluding hydrogens is 224 g/mol. The zero-order chi connectivity index (χ0) is 13.1. The summed E-state index contributed by atoms with van der Waals surface area (Å²) in [5.74, 6) is 3.80. The monoisotopic (exact) mass is 250 g/mol. The van der Waals surface area contributed by atoms with Gasteiger partial charge in [0.1, 0.15) is 11.5 Å². The summed E-state index contributed by atoms with van der Waals surface area (Å²) in [6.45, 7) is 11.1. The fourth-order valence-corrected chi connectivity index (χ4v) is 2.74. The minimum Gasteiger partial charge on any atom is -0.465 e. The Morgan fingerprint density at radius 3 is 2.83 bits per heavy atom. The number of furan rings is 1. The highest BCUT2D eigenvalue weighted by Crippen LogP contribution is 2.25. The van der Waals surface area contributed by atoms with Gasteiger partial charge in [0.15, 0.2) is 0 Å². The Labute approximate surface area is 111 Å². The maximum atomic E-state index is 5.76. The van der Waals surface area contributed by atoms with E-state index in [2.05, 4.69) is 37.1 Å². The maximum Gasteiger partial charge on any atom is 0.118 e. The maximum absolute atomic E-state index is 5.76. The van der Waals surface area contributed by atoms with E-state index in [0.717, 1.165) is 36.4 Å². The van der Waals surface area contributed by atoms with Crippen LogP contribution in [0.15, 0.2) is 10.5 Å². The van der Waals surface area contributed by atoms with Gasteiger partial charge in [-0.25, -0.2) is 0 Å². The van der Waals surface area contributed by atoms with Crippen LogP contribution in [-0.2, 0) is 13.1 Å². The summed E-state index contributed by atoms with van der Waals surface area (Å²) in [7, 11) is 1.95. The lowest BCUT2D eigenvalue weighted by Crippen LogP contribution is -2.37. The molecule has 3 heteroatoms. The van der Waals surface area contributed by atoms with Crippen molar-refractivity contribution in [2.45, 2.75) is 40.3 Å². The van der Waals surface area contributed by atoms with E-state index in [4.69, 9.17) is 4.42 Å². The largest absolute Gasteiger partial charge is 0.465 e. The number of piperidine rings is 1. The standard InChI is InChI=1S/C15H26N2O/c1-11-5-6-17(9-12(11)2)10-14-7-15(8-16-4)18-13(14)3/h7,11-12,16H,5-6,8-10H2,1-4H3. The van der Waals surface area contributed by atoms with Gasteiger partial charge in [-0.2, -0.15) is 0 Å². The Morgan fingerprint density at radius 1 is 1.39 bits per heavy atom. The summed E-state index contributed by atoms with van der Waals surface area (Å²) in [6.07, 6.45) is 1.32. The second kappa shape index (κ2) is 5.89. The molecule has 1 aliphatic heterocycles. The smallest absolute Gasteiger partial charge is 0.118 e. The Balaban J connectivity index is 1.96. The first-order valence-corrected chi connectivity index (χ1v) is 7.05. The van der Waals surface area contributed by atoms with Gasteiger partial charge in [0, 0.05) is 18.7 Å². The van der Waals surface area contributed by atoms with Crippen LogP contribution in [0.5, 0.6) is 0 Å². The second-order valence-corrected chi connectivity index (χ2v) is 5.80. The number of aryl methyl sites for hydroxylation is 1. The van der Waals surface area contributed by atoms with E-state index in [-0.39, 0.29) is 0 Å². The number of hydrogen-bond donors (Lipinski definition) is 1. The van der Waals surface area contributed by atoms with Crippen LogP contribution in [0.3, 0.4) is 0 Å². The molecule has 0 aliphatic carbocycles. The summed E-state index contributed by atoms with van der Waals surface area (Å²) in [6, 6.07) is 2.20. The van der Waals surface area contributed by atoms with E-state index in [0.29, 0.717) is 0 Å². The molecule has 1 fully saturated rings. The first-order valence-electron chi connectivity index (χ1n) is 7.05. The molecule has 18 heavy (non-hydrogen) atoms. The molecule has 3 nitrogen and oxygen atoms in total. The van der Waals surface area contributed by atoms with Crippen molar-refractivity contribution in [2.24, 2.45) is 11.8 Å². The lowest BCUT2D eigenvalue weighted by Gasteiger charge is -2.35. The van der Waals surface area contributed by atoms with Crippen LogP contribution < -0.4 is 5.32 Å². The van der Waals surface area contributed by atoms with Gasteiger partial charge in [0.25, 0.3) is 0 Å². The quantitative estimate of drug-likeness (QED) is 0.890. The molecule has 2 unspecified atom stereocenters. The Morgan fingerprint density at radius 2 is 2.17 bits per heavy atom. The van der Waals surface area contributed by atoms with Crippen molar-refractivity contribution in [3.8, 4) is 0 Å². The molecule has 0 spiro atoms. The van der Waals surface area contributed by atoms with Gasteiger partial charge < -0.3 is 9.73 Å². The van der Waals surface area contributed by atoms with Gasteiger partial charge in [-0.15, -0.1) is 0 Å². The molecule has 1 aromatic rings. The molecule has 0 aromatic carbocycles. The van der Waals surface area contributed by atoms with Crippen LogP contribution in [0.1, 0.15) is 37.4 Å². The van der Waals surface area contributed by atoms with Crippen molar-refractivity contribution in [3.05, 3.63) is 23.2 Å². The molecule has 0 amide bonds. The van der Waals surface area contributed by atoms with Crippen molar-refractivity contribution in [3.63, 3.8) is 0 Å². The summed E-state index contributed by atoms with van der Waals surface area (Å²) in [5, 5.41) is 3.13. The molecule has 2 heterocycles. The van der Waals surface area contributed by atoms with Crippen LogP contribution in [0, 0.1) is 18.8 Å². The number of hydrogen-bond acceptors (Lipinski definition) is 3. The fourth-order valence-electron chi connectivity index (χ4n) is 2.74. The summed E-state index contributed by atoms with van der Waals surface area (Å²) in [5.41, 5.74) is 1.35. The third-order valence-corrected chi connectivity index (χ3v) is 4.23. The first-order chi connectivity index (χ1) is 8.60. The molecule has 0 radical (unpaired) electrons.